The van der Waals surface area contributed by atoms with Crippen molar-refractivity contribution in [2.75, 3.05) is 6.61 Å². The van der Waals surface area contributed by atoms with Crippen LogP contribution in [0, 0.1) is 5.82 Å². The Labute approximate surface area is 211 Å². The summed E-state index contributed by atoms with van der Waals surface area (Å²) < 4.78 is 57.8. The molecule has 3 rings (SSSR count). The summed E-state index contributed by atoms with van der Waals surface area (Å²) in [5.41, 5.74) is -5.61. The number of alkyl halides is 3. The quantitative estimate of drug-likeness (QED) is 0.212. The summed E-state index contributed by atoms with van der Waals surface area (Å²) in [6, 6.07) is 0.910. The lowest BCUT2D eigenvalue weighted by Gasteiger charge is -2.22. The number of hydrogen-bond acceptors (Lipinski definition) is 8. The lowest BCUT2D eigenvalue weighted by Crippen LogP contribution is -2.32. The van der Waals surface area contributed by atoms with Crippen molar-refractivity contribution in [1.82, 2.24) is 14.8 Å². The maximum Gasteiger partial charge on any atom is 0.487 e. The summed E-state index contributed by atoms with van der Waals surface area (Å²) in [5.74, 6) is -4.90. The number of fused-ring (bicyclic) bond motifs is 1. The van der Waals surface area contributed by atoms with Crippen LogP contribution in [-0.4, -0.2) is 44.5 Å². The van der Waals surface area contributed by atoms with Gasteiger partial charge in [-0.3, -0.25) is 14.3 Å². The van der Waals surface area contributed by atoms with Crippen molar-refractivity contribution in [3.8, 4) is 17.0 Å². The van der Waals surface area contributed by atoms with Crippen molar-refractivity contribution in [3.05, 3.63) is 28.1 Å². The van der Waals surface area contributed by atoms with Crippen LogP contribution in [0.4, 0.5) is 13.2 Å². The van der Waals surface area contributed by atoms with Crippen molar-refractivity contribution in [3.63, 3.8) is 0 Å². The van der Waals surface area contributed by atoms with Crippen LogP contribution < -0.4 is 4.74 Å². The van der Waals surface area contributed by atoms with E-state index in [-0.39, 0.29) is 38.1 Å². The minimum atomic E-state index is -4.09. The van der Waals surface area contributed by atoms with Gasteiger partial charge in [-0.2, -0.15) is 5.10 Å². The maximum atomic E-state index is 15.1. The number of benzene rings is 1. The SMILES string of the molecule is CCOC(=O)C(C(=O)OC(C)(C)C)c1nc2c(Cl)cc(F)c(-c3nn(C)cc3OC(F)(F)Cl)c2s1. The predicted octanol–water partition coefficient (Wildman–Crippen LogP) is 5.65. The van der Waals surface area contributed by atoms with E-state index in [1.807, 2.05) is 0 Å². The first-order valence-corrected chi connectivity index (χ1v) is 11.7. The molecule has 0 aliphatic carbocycles. The molecule has 0 amide bonds. The molecule has 1 unspecified atom stereocenters. The Hall–Kier alpha value is -2.57. The van der Waals surface area contributed by atoms with Crippen LogP contribution in [0.1, 0.15) is 38.6 Å². The number of nitrogens with zero attached hydrogens (tertiary/aromatic N) is 3. The van der Waals surface area contributed by atoms with Gasteiger partial charge in [-0.25, -0.2) is 9.37 Å². The molecule has 0 bridgehead atoms. The zero-order valence-electron chi connectivity index (χ0n) is 19.1. The van der Waals surface area contributed by atoms with E-state index in [0.29, 0.717) is 0 Å². The molecule has 8 nitrogen and oxygen atoms in total. The molecule has 35 heavy (non-hydrogen) atoms. The fraction of sp³-hybridized carbons (Fsp3) is 0.429. The summed E-state index contributed by atoms with van der Waals surface area (Å²) in [5, 5.41) is 3.78. The standard InChI is InChI=1S/C21H20Cl2F3N3O5S/c1-6-32-18(30)13(19(31)34-20(2,3)4)17-27-14-9(22)7-10(24)12(16(14)35-17)15-11(8-29(5)28-15)33-21(23,25)26/h7-8,13H,6H2,1-5H3. The van der Waals surface area contributed by atoms with E-state index in [9.17, 15) is 18.4 Å². The number of carbonyl (C=O) groups excluding carboxylic acids is 2. The number of esters is 2. The van der Waals surface area contributed by atoms with Crippen LogP contribution in [0.5, 0.6) is 5.75 Å². The average molecular weight is 554 g/mol. The molecule has 0 fully saturated rings. The van der Waals surface area contributed by atoms with Gasteiger partial charge in [-0.15, -0.1) is 20.1 Å². The highest BCUT2D eigenvalue weighted by Crippen LogP contribution is 2.44. The third kappa shape index (κ3) is 6.17. The normalized spacial score (nSPS) is 13.1. The van der Waals surface area contributed by atoms with Gasteiger partial charge in [-0.05, 0) is 33.8 Å². The first-order chi connectivity index (χ1) is 16.1. The van der Waals surface area contributed by atoms with E-state index in [4.69, 9.17) is 32.7 Å². The highest BCUT2D eigenvalue weighted by molar-refractivity contribution is 7.19. The monoisotopic (exact) mass is 553 g/mol. The Bertz CT molecular complexity index is 1280. The largest absolute Gasteiger partial charge is 0.487 e. The van der Waals surface area contributed by atoms with Gasteiger partial charge in [0, 0.05) is 18.6 Å². The topological polar surface area (TPSA) is 92.5 Å². The third-order valence-electron chi connectivity index (χ3n) is 4.26. The van der Waals surface area contributed by atoms with E-state index in [1.165, 1.54) is 7.05 Å². The molecular formula is C21H20Cl2F3N3O5S. The van der Waals surface area contributed by atoms with Gasteiger partial charge in [0.25, 0.3) is 0 Å². The van der Waals surface area contributed by atoms with Crippen LogP contribution in [0.25, 0.3) is 21.5 Å². The molecule has 2 aromatic heterocycles. The van der Waals surface area contributed by atoms with Crippen LogP contribution in [0.2, 0.25) is 5.02 Å². The van der Waals surface area contributed by atoms with Crippen LogP contribution in [0.15, 0.2) is 12.3 Å². The summed E-state index contributed by atoms with van der Waals surface area (Å²) >= 11 is 11.8. The van der Waals surface area contributed by atoms with Gasteiger partial charge < -0.3 is 14.2 Å². The molecule has 0 aliphatic heterocycles. The number of aromatic nitrogens is 3. The van der Waals surface area contributed by atoms with Gasteiger partial charge in [-0.1, -0.05) is 11.6 Å². The molecule has 0 saturated carbocycles. The maximum absolute atomic E-state index is 15.1. The molecule has 190 valence electrons. The molecule has 14 heteroatoms. The van der Waals surface area contributed by atoms with Crippen molar-refractivity contribution < 1.29 is 37.0 Å². The van der Waals surface area contributed by atoms with Gasteiger partial charge in [0.1, 0.15) is 27.6 Å². The molecule has 2 heterocycles. The fourth-order valence-corrected chi connectivity index (χ4v) is 4.67. The molecule has 0 N–H and O–H groups in total. The Morgan fingerprint density at radius 2 is 1.91 bits per heavy atom. The number of hydrogen-bond donors (Lipinski definition) is 0. The number of halogens is 5. The van der Waals surface area contributed by atoms with Crippen molar-refractivity contribution in [1.29, 1.82) is 0 Å². The Kier molecular flexibility index (Phi) is 7.59. The third-order valence-corrected chi connectivity index (χ3v) is 5.76. The van der Waals surface area contributed by atoms with Gasteiger partial charge in [0.2, 0.25) is 5.92 Å². The summed E-state index contributed by atoms with van der Waals surface area (Å²) in [6.07, 6.45) is 1.08. The number of ether oxygens (including phenoxy) is 3. The lowest BCUT2D eigenvalue weighted by atomic mass is 10.1. The van der Waals surface area contributed by atoms with E-state index >= 15 is 4.39 Å². The Morgan fingerprint density at radius 1 is 1.26 bits per heavy atom. The average Bonchev–Trinajstić information content (AvgIpc) is 3.23. The zero-order valence-corrected chi connectivity index (χ0v) is 21.4. The molecule has 3 aromatic rings. The summed E-state index contributed by atoms with van der Waals surface area (Å²) in [7, 11) is 1.41. The highest BCUT2D eigenvalue weighted by atomic mass is 35.5. The van der Waals surface area contributed by atoms with E-state index < -0.39 is 40.6 Å². The van der Waals surface area contributed by atoms with Crippen molar-refractivity contribution >= 4 is 56.7 Å². The molecule has 1 atom stereocenters. The van der Waals surface area contributed by atoms with Gasteiger partial charge in [0.05, 0.1) is 28.1 Å². The molecule has 0 radical (unpaired) electrons. The van der Waals surface area contributed by atoms with Gasteiger partial charge in [0.15, 0.2) is 5.75 Å². The number of carbonyl (C=O) groups is 2. The zero-order chi connectivity index (χ0) is 26.3. The lowest BCUT2D eigenvalue weighted by molar-refractivity contribution is -0.164. The first-order valence-electron chi connectivity index (χ1n) is 10.1. The van der Waals surface area contributed by atoms with E-state index in [1.54, 1.807) is 27.7 Å². The number of rotatable bonds is 7. The molecule has 0 saturated heterocycles. The highest BCUT2D eigenvalue weighted by Gasteiger charge is 2.38. The van der Waals surface area contributed by atoms with Crippen LogP contribution in [-0.2, 0) is 26.1 Å². The Morgan fingerprint density at radius 3 is 2.49 bits per heavy atom. The molecule has 1 aromatic carbocycles. The van der Waals surface area contributed by atoms with Crippen LogP contribution >= 0.6 is 34.5 Å². The number of thiazole rings is 1. The number of aryl methyl sites for hydroxylation is 1. The van der Waals surface area contributed by atoms with Gasteiger partial charge >= 0.3 is 17.5 Å². The fourth-order valence-electron chi connectivity index (χ4n) is 3.10. The minimum Gasteiger partial charge on any atom is -0.465 e. The second-order valence-electron chi connectivity index (χ2n) is 8.23. The predicted molar refractivity (Wildman–Crippen MR) is 123 cm³/mol. The minimum absolute atomic E-state index is 0.00941. The first kappa shape index (κ1) is 27.0. The van der Waals surface area contributed by atoms with Crippen molar-refractivity contribution in [2.45, 2.75) is 44.8 Å². The molecule has 0 aliphatic rings. The second-order valence-corrected chi connectivity index (χ2v) is 10.1. The molecular weight excluding hydrogens is 534 g/mol. The Balaban J connectivity index is 2.24. The van der Waals surface area contributed by atoms with E-state index in [0.717, 1.165) is 28.3 Å². The van der Waals surface area contributed by atoms with Crippen LogP contribution in [0.3, 0.4) is 0 Å². The van der Waals surface area contributed by atoms with Crippen molar-refractivity contribution in [2.24, 2.45) is 7.05 Å². The summed E-state index contributed by atoms with van der Waals surface area (Å²) in [6.45, 7) is 6.38. The molecule has 0 spiro atoms. The smallest absolute Gasteiger partial charge is 0.465 e. The second kappa shape index (κ2) is 9.82. The van der Waals surface area contributed by atoms with E-state index in [2.05, 4.69) is 14.8 Å². The summed E-state index contributed by atoms with van der Waals surface area (Å²) in [4.78, 5) is 29.8.